The predicted octanol–water partition coefficient (Wildman–Crippen LogP) is 5.29. The molecule has 0 aromatic heterocycles. The van der Waals surface area contributed by atoms with Crippen molar-refractivity contribution in [2.45, 2.75) is 141 Å². The standard InChI is InChI=1S/C27H56NO.HI/c1-4-5-6-7-8-9-10-11-12-13-14-15-16-17-18-19-20-21-22-23-24-28(2,3)25-27-26-29-27;/h27H,4-26H2,1-3H3;1H/q+1;/p-1. The summed E-state index contributed by atoms with van der Waals surface area (Å²) in [4.78, 5) is 0. The summed E-state index contributed by atoms with van der Waals surface area (Å²) in [7, 11) is 4.72. The normalized spacial score (nSPS) is 15.9. The summed E-state index contributed by atoms with van der Waals surface area (Å²) in [6, 6.07) is 0. The van der Waals surface area contributed by atoms with E-state index in [0.29, 0.717) is 6.10 Å². The van der Waals surface area contributed by atoms with Crippen LogP contribution in [0.5, 0.6) is 0 Å². The van der Waals surface area contributed by atoms with Gasteiger partial charge in [-0.3, -0.25) is 0 Å². The van der Waals surface area contributed by atoms with Crippen LogP contribution in [0.1, 0.15) is 135 Å². The van der Waals surface area contributed by atoms with Crippen LogP contribution in [0.2, 0.25) is 0 Å². The first-order chi connectivity index (χ1) is 14.1. The Morgan fingerprint density at radius 2 is 0.867 bits per heavy atom. The van der Waals surface area contributed by atoms with Crippen LogP contribution in [0.15, 0.2) is 0 Å². The molecule has 1 unspecified atom stereocenters. The molecule has 0 aromatic rings. The molecule has 0 saturated carbocycles. The van der Waals surface area contributed by atoms with Gasteiger partial charge < -0.3 is 33.2 Å². The quantitative estimate of drug-likeness (QED) is 0.0747. The van der Waals surface area contributed by atoms with Gasteiger partial charge in [0.1, 0.15) is 12.6 Å². The molecule has 1 rings (SSSR count). The lowest BCUT2D eigenvalue weighted by Gasteiger charge is -2.29. The van der Waals surface area contributed by atoms with Gasteiger partial charge in [-0.2, -0.15) is 0 Å². The van der Waals surface area contributed by atoms with Gasteiger partial charge in [0.2, 0.25) is 0 Å². The molecule has 1 saturated heterocycles. The number of quaternary nitrogens is 1. The Morgan fingerprint density at radius 1 is 0.567 bits per heavy atom. The van der Waals surface area contributed by atoms with Crippen LogP contribution in [-0.4, -0.2) is 44.4 Å². The maximum Gasteiger partial charge on any atom is 0.130 e. The number of epoxide rings is 1. The molecule has 1 atom stereocenters. The lowest BCUT2D eigenvalue weighted by molar-refractivity contribution is -0.891. The van der Waals surface area contributed by atoms with Crippen LogP contribution in [0.25, 0.3) is 0 Å². The molecular weight excluding hydrogens is 481 g/mol. The Balaban J connectivity index is 0.00000841. The zero-order valence-corrected chi connectivity index (χ0v) is 23.2. The second-order valence-corrected chi connectivity index (χ2v) is 10.5. The molecule has 2 nitrogen and oxygen atoms in total. The zero-order chi connectivity index (χ0) is 21.0. The summed E-state index contributed by atoms with van der Waals surface area (Å²) in [5.41, 5.74) is 0. The minimum absolute atomic E-state index is 0. The number of rotatable bonds is 23. The van der Waals surface area contributed by atoms with Crippen molar-refractivity contribution < 1.29 is 33.2 Å². The number of nitrogens with zero attached hydrogens (tertiary/aromatic N) is 1. The van der Waals surface area contributed by atoms with Crippen LogP contribution >= 0.6 is 0 Å². The van der Waals surface area contributed by atoms with E-state index in [2.05, 4.69) is 21.0 Å². The van der Waals surface area contributed by atoms with Crippen molar-refractivity contribution in [3.63, 3.8) is 0 Å². The largest absolute Gasteiger partial charge is 1.00 e. The third-order valence-corrected chi connectivity index (χ3v) is 6.72. The smallest absolute Gasteiger partial charge is 0.130 e. The summed E-state index contributed by atoms with van der Waals surface area (Å²) in [5, 5.41) is 0. The van der Waals surface area contributed by atoms with Gasteiger partial charge in [-0.25, -0.2) is 0 Å². The Morgan fingerprint density at radius 3 is 1.17 bits per heavy atom. The number of likely N-dealkylation sites (N-methyl/N-ethyl adjacent to an activating group) is 1. The third-order valence-electron chi connectivity index (χ3n) is 6.72. The highest BCUT2D eigenvalue weighted by atomic mass is 127. The average Bonchev–Trinajstić information content (AvgIpc) is 3.49. The molecule has 1 aliphatic heterocycles. The predicted molar refractivity (Wildman–Crippen MR) is 130 cm³/mol. The Kier molecular flexibility index (Phi) is 22.0. The molecule has 0 spiro atoms. The van der Waals surface area contributed by atoms with Crippen molar-refractivity contribution in [2.24, 2.45) is 0 Å². The van der Waals surface area contributed by atoms with Crippen LogP contribution in [-0.2, 0) is 4.74 Å². The minimum atomic E-state index is 0. The van der Waals surface area contributed by atoms with E-state index in [0.717, 1.165) is 11.1 Å². The summed E-state index contributed by atoms with van der Waals surface area (Å²) in [5.74, 6) is 0. The number of hydrogen-bond acceptors (Lipinski definition) is 1. The molecule has 1 heterocycles. The third kappa shape index (κ3) is 21.9. The Hall–Kier alpha value is 0.650. The van der Waals surface area contributed by atoms with Gasteiger partial charge in [-0.1, -0.05) is 122 Å². The lowest BCUT2D eigenvalue weighted by atomic mass is 10.0. The van der Waals surface area contributed by atoms with Crippen LogP contribution in [0.4, 0.5) is 0 Å². The van der Waals surface area contributed by atoms with Crippen molar-refractivity contribution >= 4 is 0 Å². The van der Waals surface area contributed by atoms with Gasteiger partial charge in [0.25, 0.3) is 0 Å². The fourth-order valence-electron chi connectivity index (χ4n) is 4.61. The summed E-state index contributed by atoms with van der Waals surface area (Å²) in [6.07, 6.45) is 29.8. The van der Waals surface area contributed by atoms with E-state index in [-0.39, 0.29) is 24.0 Å². The molecule has 0 aromatic carbocycles. The minimum Gasteiger partial charge on any atom is -1.00 e. The first-order valence-corrected chi connectivity index (χ1v) is 13.6. The van der Waals surface area contributed by atoms with E-state index >= 15 is 0 Å². The molecule has 0 bridgehead atoms. The van der Waals surface area contributed by atoms with Crippen LogP contribution < -0.4 is 24.0 Å². The molecule has 0 N–H and O–H groups in total. The van der Waals surface area contributed by atoms with Gasteiger partial charge in [-0.05, 0) is 12.8 Å². The molecule has 0 amide bonds. The molecule has 30 heavy (non-hydrogen) atoms. The van der Waals surface area contributed by atoms with Crippen molar-refractivity contribution in [2.75, 3.05) is 33.8 Å². The average molecular weight is 538 g/mol. The number of hydrogen-bond donors (Lipinski definition) is 0. The van der Waals surface area contributed by atoms with E-state index in [1.807, 2.05) is 0 Å². The first kappa shape index (κ1) is 30.6. The zero-order valence-electron chi connectivity index (χ0n) is 21.1. The van der Waals surface area contributed by atoms with Crippen LogP contribution in [0, 0.1) is 0 Å². The van der Waals surface area contributed by atoms with E-state index in [9.17, 15) is 0 Å². The number of halogens is 1. The van der Waals surface area contributed by atoms with Gasteiger partial charge in [0, 0.05) is 0 Å². The topological polar surface area (TPSA) is 12.5 Å². The number of unbranched alkanes of at least 4 members (excludes halogenated alkanes) is 19. The summed E-state index contributed by atoms with van der Waals surface area (Å²) < 4.78 is 6.52. The van der Waals surface area contributed by atoms with Gasteiger partial charge in [0.15, 0.2) is 0 Å². The fraction of sp³-hybridized carbons (Fsp3) is 1.00. The molecule has 0 aliphatic carbocycles. The molecule has 0 radical (unpaired) electrons. The highest BCUT2D eigenvalue weighted by Crippen LogP contribution is 2.17. The second kappa shape index (κ2) is 21.5. The van der Waals surface area contributed by atoms with Crippen molar-refractivity contribution in [3.8, 4) is 0 Å². The van der Waals surface area contributed by atoms with Crippen LogP contribution in [0.3, 0.4) is 0 Å². The van der Waals surface area contributed by atoms with E-state index in [4.69, 9.17) is 4.74 Å². The molecular formula is C27H56INO. The van der Waals surface area contributed by atoms with Gasteiger partial charge in [-0.15, -0.1) is 0 Å². The highest BCUT2D eigenvalue weighted by molar-refractivity contribution is 4.67. The van der Waals surface area contributed by atoms with Crippen molar-refractivity contribution in [1.29, 1.82) is 0 Å². The lowest BCUT2D eigenvalue weighted by Crippen LogP contribution is -3.00. The molecule has 1 fully saturated rings. The van der Waals surface area contributed by atoms with Gasteiger partial charge >= 0.3 is 0 Å². The first-order valence-electron chi connectivity index (χ1n) is 13.6. The second-order valence-electron chi connectivity index (χ2n) is 10.5. The fourth-order valence-corrected chi connectivity index (χ4v) is 4.61. The summed E-state index contributed by atoms with van der Waals surface area (Å²) in [6.45, 7) is 5.83. The SMILES string of the molecule is CCCCCCCCCCCCCCCCCCCCCC[N+](C)(C)CC1CO1.[I-]. The number of ether oxygens (including phenoxy) is 1. The Bertz CT molecular complexity index is 344. The molecule has 3 heteroatoms. The highest BCUT2D eigenvalue weighted by Gasteiger charge is 2.30. The maximum atomic E-state index is 5.38. The van der Waals surface area contributed by atoms with Gasteiger partial charge in [0.05, 0.1) is 27.2 Å². The van der Waals surface area contributed by atoms with E-state index in [1.54, 1.807) is 0 Å². The molecule has 182 valence electrons. The monoisotopic (exact) mass is 537 g/mol. The molecule has 1 aliphatic rings. The summed E-state index contributed by atoms with van der Waals surface area (Å²) >= 11 is 0. The van der Waals surface area contributed by atoms with Crippen molar-refractivity contribution in [1.82, 2.24) is 0 Å². The van der Waals surface area contributed by atoms with Crippen molar-refractivity contribution in [3.05, 3.63) is 0 Å². The Labute approximate surface area is 207 Å². The maximum absolute atomic E-state index is 5.38. The van der Waals surface area contributed by atoms with E-state index < -0.39 is 0 Å². The van der Waals surface area contributed by atoms with E-state index in [1.165, 1.54) is 142 Å².